The molecule has 2 N–H and O–H groups in total. The number of halogens is 2. The smallest absolute Gasteiger partial charge is 0.306 e. The molecule has 2 aliphatic rings. The topological polar surface area (TPSA) is 49.3 Å². The highest BCUT2D eigenvalue weighted by atomic mass is 19.3. The van der Waals surface area contributed by atoms with E-state index in [4.69, 9.17) is 5.11 Å². The van der Waals surface area contributed by atoms with Gasteiger partial charge in [-0.25, -0.2) is 8.78 Å². The quantitative estimate of drug-likeness (QED) is 0.818. The molecule has 0 heterocycles. The number of rotatable bonds is 4. The third-order valence-electron chi connectivity index (χ3n) is 4.28. The van der Waals surface area contributed by atoms with Gasteiger partial charge in [0.1, 0.15) is 0 Å². The number of nitrogens with one attached hydrogen (secondary N) is 1. The van der Waals surface area contributed by atoms with Gasteiger partial charge in [0.05, 0.1) is 5.92 Å². The Morgan fingerprint density at radius 1 is 1.22 bits per heavy atom. The van der Waals surface area contributed by atoms with E-state index in [-0.39, 0.29) is 24.7 Å². The van der Waals surface area contributed by atoms with E-state index in [1.54, 1.807) is 0 Å². The highest BCUT2D eigenvalue weighted by molar-refractivity contribution is 5.70. The lowest BCUT2D eigenvalue weighted by Gasteiger charge is -2.28. The Balaban J connectivity index is 1.65. The predicted molar refractivity (Wildman–Crippen MR) is 63.7 cm³/mol. The predicted octanol–water partition coefficient (Wildman–Crippen LogP) is 2.65. The molecule has 2 fully saturated rings. The summed E-state index contributed by atoms with van der Waals surface area (Å²) in [5.74, 6) is -3.30. The van der Waals surface area contributed by atoms with Crippen LogP contribution in [0.4, 0.5) is 8.78 Å². The van der Waals surface area contributed by atoms with Gasteiger partial charge in [-0.05, 0) is 44.6 Å². The Morgan fingerprint density at radius 2 is 1.89 bits per heavy atom. The summed E-state index contributed by atoms with van der Waals surface area (Å²) in [5, 5.41) is 12.2. The first-order valence-corrected chi connectivity index (χ1v) is 6.80. The van der Waals surface area contributed by atoms with E-state index >= 15 is 0 Å². The Bertz CT molecular complexity index is 301. The van der Waals surface area contributed by atoms with E-state index in [0.29, 0.717) is 31.8 Å². The summed E-state index contributed by atoms with van der Waals surface area (Å²) in [4.78, 5) is 10.8. The highest BCUT2D eigenvalue weighted by Crippen LogP contribution is 2.38. The van der Waals surface area contributed by atoms with Crippen LogP contribution in [0.1, 0.15) is 44.9 Å². The van der Waals surface area contributed by atoms with Crippen LogP contribution in [-0.4, -0.2) is 29.6 Å². The van der Waals surface area contributed by atoms with E-state index in [2.05, 4.69) is 5.32 Å². The van der Waals surface area contributed by atoms with Crippen LogP contribution in [0.25, 0.3) is 0 Å². The Labute approximate surface area is 106 Å². The van der Waals surface area contributed by atoms with Gasteiger partial charge in [0, 0.05) is 18.9 Å². The minimum atomic E-state index is -2.46. The van der Waals surface area contributed by atoms with E-state index in [9.17, 15) is 13.6 Å². The van der Waals surface area contributed by atoms with Crippen molar-refractivity contribution in [2.45, 2.75) is 56.9 Å². The second kappa shape index (κ2) is 5.51. The number of carbonyl (C=O) groups is 1. The number of carboxylic acids is 1. The zero-order valence-electron chi connectivity index (χ0n) is 10.5. The normalized spacial score (nSPS) is 35.6. The number of alkyl halides is 2. The lowest BCUT2D eigenvalue weighted by atomic mass is 9.86. The molecule has 2 rings (SSSR count). The molecule has 0 aromatic carbocycles. The average Bonchev–Trinajstić information content (AvgIpc) is 2.67. The Kier molecular flexibility index (Phi) is 4.20. The average molecular weight is 261 g/mol. The molecule has 0 aromatic rings. The van der Waals surface area contributed by atoms with Crippen molar-refractivity contribution in [3.63, 3.8) is 0 Å². The molecule has 0 aliphatic heterocycles. The van der Waals surface area contributed by atoms with Crippen LogP contribution in [0.2, 0.25) is 0 Å². The first kappa shape index (κ1) is 13.7. The molecule has 0 radical (unpaired) electrons. The van der Waals surface area contributed by atoms with Gasteiger partial charge in [-0.3, -0.25) is 4.79 Å². The standard InChI is InChI=1S/C13H21F2NO2/c14-13(15)6-5-9(7-13)8-16-11-3-1-10(2-4-11)12(17)18/h9-11,16H,1-8H2,(H,17,18). The van der Waals surface area contributed by atoms with Crippen LogP contribution in [0, 0.1) is 11.8 Å². The molecule has 1 unspecified atom stereocenters. The number of carboxylic acid groups (broad SMARTS) is 1. The summed E-state index contributed by atoms with van der Waals surface area (Å²) in [6.07, 6.45) is 3.72. The molecule has 2 saturated carbocycles. The molecule has 0 saturated heterocycles. The molecule has 5 heteroatoms. The van der Waals surface area contributed by atoms with Gasteiger partial charge >= 0.3 is 5.97 Å². The third kappa shape index (κ3) is 3.64. The lowest BCUT2D eigenvalue weighted by Crippen LogP contribution is -2.37. The number of hydrogen-bond donors (Lipinski definition) is 2. The highest BCUT2D eigenvalue weighted by Gasteiger charge is 2.39. The lowest BCUT2D eigenvalue weighted by molar-refractivity contribution is -0.142. The molecular formula is C13H21F2NO2. The van der Waals surface area contributed by atoms with Crippen molar-refractivity contribution in [2.24, 2.45) is 11.8 Å². The second-order valence-electron chi connectivity index (χ2n) is 5.76. The molecule has 0 amide bonds. The SMILES string of the molecule is O=C(O)C1CCC(NCC2CCC(F)(F)C2)CC1. The van der Waals surface area contributed by atoms with Crippen LogP contribution in [0.5, 0.6) is 0 Å². The van der Waals surface area contributed by atoms with Gasteiger partial charge in [-0.15, -0.1) is 0 Å². The first-order chi connectivity index (χ1) is 8.46. The van der Waals surface area contributed by atoms with Crippen LogP contribution < -0.4 is 5.32 Å². The van der Waals surface area contributed by atoms with Crippen LogP contribution in [-0.2, 0) is 4.79 Å². The maximum absolute atomic E-state index is 13.0. The van der Waals surface area contributed by atoms with Crippen molar-refractivity contribution in [3.05, 3.63) is 0 Å². The van der Waals surface area contributed by atoms with E-state index in [1.807, 2.05) is 0 Å². The number of aliphatic carboxylic acids is 1. The molecular weight excluding hydrogens is 240 g/mol. The van der Waals surface area contributed by atoms with Gasteiger partial charge in [0.15, 0.2) is 0 Å². The minimum Gasteiger partial charge on any atom is -0.481 e. The maximum Gasteiger partial charge on any atom is 0.306 e. The van der Waals surface area contributed by atoms with Gasteiger partial charge in [-0.2, -0.15) is 0 Å². The third-order valence-corrected chi connectivity index (χ3v) is 4.28. The fourth-order valence-electron chi connectivity index (χ4n) is 3.09. The van der Waals surface area contributed by atoms with Gasteiger partial charge < -0.3 is 10.4 Å². The molecule has 0 spiro atoms. The van der Waals surface area contributed by atoms with Crippen molar-refractivity contribution >= 4 is 5.97 Å². The fraction of sp³-hybridized carbons (Fsp3) is 0.923. The summed E-state index contributed by atoms with van der Waals surface area (Å²) < 4.78 is 26.0. The minimum absolute atomic E-state index is 0.00444. The summed E-state index contributed by atoms with van der Waals surface area (Å²) in [5.41, 5.74) is 0. The Hall–Kier alpha value is -0.710. The summed E-state index contributed by atoms with van der Waals surface area (Å²) in [6, 6.07) is 0.315. The van der Waals surface area contributed by atoms with Crippen LogP contribution in [0.3, 0.4) is 0 Å². The zero-order chi connectivity index (χ0) is 13.2. The van der Waals surface area contributed by atoms with E-state index in [1.165, 1.54) is 0 Å². The van der Waals surface area contributed by atoms with Crippen LogP contribution in [0.15, 0.2) is 0 Å². The Morgan fingerprint density at radius 3 is 2.39 bits per heavy atom. The molecule has 1 atom stereocenters. The summed E-state index contributed by atoms with van der Waals surface area (Å²) in [7, 11) is 0. The van der Waals surface area contributed by atoms with Crippen molar-refractivity contribution < 1.29 is 18.7 Å². The van der Waals surface area contributed by atoms with Gasteiger partial charge in [-0.1, -0.05) is 0 Å². The molecule has 0 aromatic heterocycles. The van der Waals surface area contributed by atoms with Crippen LogP contribution >= 0.6 is 0 Å². The molecule has 3 nitrogen and oxygen atoms in total. The maximum atomic E-state index is 13.0. The summed E-state index contributed by atoms with van der Waals surface area (Å²) in [6.45, 7) is 0.651. The second-order valence-corrected chi connectivity index (χ2v) is 5.76. The largest absolute Gasteiger partial charge is 0.481 e. The van der Waals surface area contributed by atoms with Crippen molar-refractivity contribution in [1.29, 1.82) is 0 Å². The van der Waals surface area contributed by atoms with Crippen molar-refractivity contribution in [1.82, 2.24) is 5.32 Å². The zero-order valence-corrected chi connectivity index (χ0v) is 10.5. The number of hydrogen-bond acceptors (Lipinski definition) is 2. The fourth-order valence-corrected chi connectivity index (χ4v) is 3.09. The molecule has 104 valence electrons. The molecule has 2 aliphatic carbocycles. The molecule has 18 heavy (non-hydrogen) atoms. The monoisotopic (exact) mass is 261 g/mol. The first-order valence-electron chi connectivity index (χ1n) is 6.80. The van der Waals surface area contributed by atoms with Gasteiger partial charge in [0.2, 0.25) is 5.92 Å². The van der Waals surface area contributed by atoms with E-state index in [0.717, 1.165) is 12.8 Å². The summed E-state index contributed by atoms with van der Waals surface area (Å²) >= 11 is 0. The van der Waals surface area contributed by atoms with Crippen molar-refractivity contribution in [2.75, 3.05) is 6.54 Å². The van der Waals surface area contributed by atoms with E-state index < -0.39 is 11.9 Å². The molecule has 0 bridgehead atoms. The van der Waals surface area contributed by atoms with Gasteiger partial charge in [0.25, 0.3) is 0 Å². The van der Waals surface area contributed by atoms with Crippen molar-refractivity contribution in [3.8, 4) is 0 Å².